The maximum absolute atomic E-state index is 13.2. The third kappa shape index (κ3) is 2.52. The topological polar surface area (TPSA) is 26.3 Å². The molecule has 4 heteroatoms. The van der Waals surface area contributed by atoms with Crippen molar-refractivity contribution < 1.29 is 13.9 Å². The van der Waals surface area contributed by atoms with Crippen LogP contribution in [0.4, 0.5) is 4.39 Å². The van der Waals surface area contributed by atoms with E-state index < -0.39 is 12.1 Å². The molecule has 0 aromatic heterocycles. The smallest absolute Gasteiger partial charge is 0.345 e. The van der Waals surface area contributed by atoms with Crippen LogP contribution in [0.15, 0.2) is 28.7 Å². The number of halogens is 2. The number of carbonyl (C=O) groups excluding carboxylic acids is 1. The van der Waals surface area contributed by atoms with Crippen LogP contribution in [-0.2, 0) is 9.53 Å². The summed E-state index contributed by atoms with van der Waals surface area (Å²) in [4.78, 5) is 10.8. The van der Waals surface area contributed by atoms with Crippen LogP contribution in [0.25, 0.3) is 0 Å². The Kier molecular flexibility index (Phi) is 3.42. The molecule has 0 radical (unpaired) electrons. The summed E-state index contributed by atoms with van der Waals surface area (Å²) >= 11 is 3.18. The molecule has 0 aliphatic heterocycles. The molecule has 1 aromatic rings. The Hall–Kier alpha value is -0.900. The Balaban J connectivity index is 2.88. The van der Waals surface area contributed by atoms with Crippen LogP contribution in [0.1, 0.15) is 11.7 Å². The van der Waals surface area contributed by atoms with Gasteiger partial charge in [-0.15, -0.1) is 0 Å². The predicted molar refractivity (Wildman–Crippen MR) is 50.0 cm³/mol. The molecule has 0 saturated carbocycles. The number of methoxy groups -OCH3 is 1. The molecule has 0 fully saturated rings. The van der Waals surface area contributed by atoms with Gasteiger partial charge in [-0.1, -0.05) is 28.1 Å². The van der Waals surface area contributed by atoms with Crippen molar-refractivity contribution in [1.82, 2.24) is 0 Å². The average molecular weight is 247 g/mol. The first-order chi connectivity index (χ1) is 6.15. The zero-order valence-electron chi connectivity index (χ0n) is 6.96. The highest BCUT2D eigenvalue weighted by molar-refractivity contribution is 9.10. The maximum Gasteiger partial charge on any atom is 0.345 e. The van der Waals surface area contributed by atoms with E-state index in [1.54, 1.807) is 18.2 Å². The third-order valence-corrected chi connectivity index (χ3v) is 2.04. The average Bonchev–Trinajstić information content (AvgIpc) is 2.15. The number of hydrogen-bond acceptors (Lipinski definition) is 2. The highest BCUT2D eigenvalue weighted by Gasteiger charge is 2.19. The molecule has 0 spiro atoms. The second-order valence-corrected chi connectivity index (χ2v) is 3.36. The first kappa shape index (κ1) is 10.2. The zero-order chi connectivity index (χ0) is 9.84. The summed E-state index contributed by atoms with van der Waals surface area (Å²) < 4.78 is 18.2. The second kappa shape index (κ2) is 4.37. The Labute approximate surface area is 83.8 Å². The monoisotopic (exact) mass is 246 g/mol. The maximum atomic E-state index is 13.2. The number of benzene rings is 1. The number of esters is 1. The third-order valence-electron chi connectivity index (χ3n) is 1.55. The summed E-state index contributed by atoms with van der Waals surface area (Å²) in [5.74, 6) is -0.877. The largest absolute Gasteiger partial charge is 0.467 e. The molecule has 1 atom stereocenters. The van der Waals surface area contributed by atoms with Gasteiger partial charge in [-0.25, -0.2) is 9.18 Å². The molecule has 0 saturated heterocycles. The van der Waals surface area contributed by atoms with E-state index in [9.17, 15) is 9.18 Å². The van der Waals surface area contributed by atoms with Crippen molar-refractivity contribution in [2.45, 2.75) is 6.17 Å². The van der Waals surface area contributed by atoms with Crippen molar-refractivity contribution in [3.8, 4) is 0 Å². The van der Waals surface area contributed by atoms with Gasteiger partial charge >= 0.3 is 5.97 Å². The summed E-state index contributed by atoms with van der Waals surface area (Å²) in [5, 5.41) is 0. The number of rotatable bonds is 2. The van der Waals surface area contributed by atoms with Gasteiger partial charge in [-0.2, -0.15) is 0 Å². The van der Waals surface area contributed by atoms with Gasteiger partial charge in [0.15, 0.2) is 0 Å². The van der Waals surface area contributed by atoms with Crippen LogP contribution in [-0.4, -0.2) is 13.1 Å². The van der Waals surface area contributed by atoms with E-state index in [1.807, 2.05) is 0 Å². The quantitative estimate of drug-likeness (QED) is 0.751. The first-order valence-electron chi connectivity index (χ1n) is 3.62. The van der Waals surface area contributed by atoms with E-state index in [4.69, 9.17) is 0 Å². The molecule has 0 heterocycles. The summed E-state index contributed by atoms with van der Waals surface area (Å²) in [5.41, 5.74) is 0.293. The molecule has 2 nitrogen and oxygen atoms in total. The molecule has 0 N–H and O–H groups in total. The molecule has 0 aliphatic rings. The lowest BCUT2D eigenvalue weighted by Crippen LogP contribution is -2.09. The van der Waals surface area contributed by atoms with Gasteiger partial charge in [-0.05, 0) is 17.7 Å². The van der Waals surface area contributed by atoms with Gasteiger partial charge in [-0.3, -0.25) is 0 Å². The number of carbonyl (C=O) groups is 1. The molecule has 13 heavy (non-hydrogen) atoms. The highest BCUT2D eigenvalue weighted by Crippen LogP contribution is 2.21. The van der Waals surface area contributed by atoms with E-state index in [2.05, 4.69) is 20.7 Å². The Morgan fingerprint density at radius 3 is 2.85 bits per heavy atom. The fourth-order valence-electron chi connectivity index (χ4n) is 0.904. The highest BCUT2D eigenvalue weighted by atomic mass is 79.9. The summed E-state index contributed by atoms with van der Waals surface area (Å²) in [6.07, 6.45) is -1.71. The van der Waals surface area contributed by atoms with Crippen molar-refractivity contribution in [2.75, 3.05) is 7.11 Å². The fourth-order valence-corrected chi connectivity index (χ4v) is 1.32. The summed E-state index contributed by atoms with van der Waals surface area (Å²) in [6.45, 7) is 0. The van der Waals surface area contributed by atoms with Gasteiger partial charge in [0.2, 0.25) is 6.17 Å². The van der Waals surface area contributed by atoms with Gasteiger partial charge in [0.25, 0.3) is 0 Å². The SMILES string of the molecule is COC(=O)C(F)c1cccc(Br)c1. The van der Waals surface area contributed by atoms with Crippen molar-refractivity contribution in [3.63, 3.8) is 0 Å². The molecule has 0 amide bonds. The van der Waals surface area contributed by atoms with Crippen LogP contribution in [0.3, 0.4) is 0 Å². The standard InChI is InChI=1S/C9H8BrFO2/c1-13-9(12)8(11)6-3-2-4-7(10)5-6/h2-5,8H,1H3. The van der Waals surface area contributed by atoms with Gasteiger partial charge in [0.05, 0.1) is 7.11 Å². The van der Waals surface area contributed by atoms with Crippen LogP contribution in [0.5, 0.6) is 0 Å². The van der Waals surface area contributed by atoms with Crippen LogP contribution >= 0.6 is 15.9 Å². The lowest BCUT2D eigenvalue weighted by atomic mass is 10.1. The molecule has 1 unspecified atom stereocenters. The van der Waals surface area contributed by atoms with Gasteiger partial charge < -0.3 is 4.74 Å². The number of ether oxygens (including phenoxy) is 1. The van der Waals surface area contributed by atoms with Crippen LogP contribution in [0, 0.1) is 0 Å². The summed E-state index contributed by atoms with van der Waals surface area (Å²) in [6, 6.07) is 6.50. The van der Waals surface area contributed by atoms with Crippen molar-refractivity contribution in [2.24, 2.45) is 0 Å². The lowest BCUT2D eigenvalue weighted by molar-refractivity contribution is -0.146. The molecule has 70 valence electrons. The first-order valence-corrected chi connectivity index (χ1v) is 4.42. The Morgan fingerprint density at radius 2 is 2.31 bits per heavy atom. The van der Waals surface area contributed by atoms with Crippen molar-refractivity contribution in [1.29, 1.82) is 0 Å². The van der Waals surface area contributed by atoms with Crippen molar-refractivity contribution >= 4 is 21.9 Å². The van der Waals surface area contributed by atoms with E-state index in [0.29, 0.717) is 5.56 Å². The van der Waals surface area contributed by atoms with Gasteiger partial charge in [0, 0.05) is 4.47 Å². The molecule has 0 bridgehead atoms. The molecule has 1 rings (SSSR count). The minimum atomic E-state index is -1.71. The minimum absolute atomic E-state index is 0.293. The van der Waals surface area contributed by atoms with E-state index in [-0.39, 0.29) is 0 Å². The van der Waals surface area contributed by atoms with Crippen molar-refractivity contribution in [3.05, 3.63) is 34.3 Å². The van der Waals surface area contributed by atoms with Crippen LogP contribution < -0.4 is 0 Å². The van der Waals surface area contributed by atoms with Crippen LogP contribution in [0.2, 0.25) is 0 Å². The second-order valence-electron chi connectivity index (χ2n) is 2.44. The van der Waals surface area contributed by atoms with Gasteiger partial charge in [0.1, 0.15) is 0 Å². The van der Waals surface area contributed by atoms with E-state index >= 15 is 0 Å². The fraction of sp³-hybridized carbons (Fsp3) is 0.222. The molecule has 1 aromatic carbocycles. The van der Waals surface area contributed by atoms with E-state index in [0.717, 1.165) is 11.6 Å². The summed E-state index contributed by atoms with van der Waals surface area (Å²) in [7, 11) is 1.16. The van der Waals surface area contributed by atoms with E-state index in [1.165, 1.54) is 6.07 Å². The zero-order valence-corrected chi connectivity index (χ0v) is 8.55. The number of hydrogen-bond donors (Lipinski definition) is 0. The predicted octanol–water partition coefficient (Wildman–Crippen LogP) is 2.63. The Morgan fingerprint density at radius 1 is 1.62 bits per heavy atom. The minimum Gasteiger partial charge on any atom is -0.467 e. The normalized spacial score (nSPS) is 12.2. The molecular formula is C9H8BrFO2. The number of alkyl halides is 1. The molecular weight excluding hydrogens is 239 g/mol. The molecule has 0 aliphatic carbocycles. The Bertz CT molecular complexity index is 314. The lowest BCUT2D eigenvalue weighted by Gasteiger charge is -2.05.